The normalized spacial score (nSPS) is 12.8. The number of thioether (sulfide) groups is 1. The number of nitrogens with zero attached hydrogens (tertiary/aromatic N) is 2. The number of halogens is 3. The summed E-state index contributed by atoms with van der Waals surface area (Å²) in [6.07, 6.45) is -4.61. The maximum absolute atomic E-state index is 13.2. The number of carbonyl (C=O) groups is 1. The van der Waals surface area contributed by atoms with Gasteiger partial charge in [-0.25, -0.2) is 9.97 Å². The van der Waals surface area contributed by atoms with Gasteiger partial charge in [-0.2, -0.15) is 13.2 Å². The van der Waals surface area contributed by atoms with E-state index in [2.05, 4.69) is 15.3 Å². The molecule has 150 valence electrons. The number of benzene rings is 1. The van der Waals surface area contributed by atoms with Gasteiger partial charge in [-0.15, -0.1) is 11.3 Å². The minimum atomic E-state index is -4.61. The molecule has 3 heterocycles. The third-order valence-electron chi connectivity index (χ3n) is 3.76. The maximum Gasteiger partial charge on any atom is 0.433 e. The van der Waals surface area contributed by atoms with Crippen molar-refractivity contribution in [3.63, 3.8) is 0 Å². The Kier molecular flexibility index (Phi) is 5.33. The van der Waals surface area contributed by atoms with Crippen LogP contribution in [0.5, 0.6) is 11.5 Å². The van der Waals surface area contributed by atoms with E-state index >= 15 is 0 Å². The molecule has 1 aromatic carbocycles. The summed E-state index contributed by atoms with van der Waals surface area (Å²) in [5, 5.41) is 4.28. The highest BCUT2D eigenvalue weighted by atomic mass is 32.2. The molecule has 0 radical (unpaired) electrons. The van der Waals surface area contributed by atoms with E-state index in [4.69, 9.17) is 9.47 Å². The predicted octanol–water partition coefficient (Wildman–Crippen LogP) is 4.68. The number of ether oxygens (including phenoxy) is 2. The first-order valence-corrected chi connectivity index (χ1v) is 10.1. The Morgan fingerprint density at radius 2 is 2.00 bits per heavy atom. The molecular formula is C18H12F3N3O3S2. The summed E-state index contributed by atoms with van der Waals surface area (Å²) in [6, 6.07) is 9.22. The van der Waals surface area contributed by atoms with Crippen LogP contribution in [0.4, 0.5) is 18.9 Å². The van der Waals surface area contributed by atoms with Gasteiger partial charge in [0.25, 0.3) is 0 Å². The molecule has 0 fully saturated rings. The molecule has 0 spiro atoms. The molecule has 6 nitrogen and oxygen atoms in total. The summed E-state index contributed by atoms with van der Waals surface area (Å²) in [5.74, 6) is 0.528. The highest BCUT2D eigenvalue weighted by Gasteiger charge is 2.34. The fraction of sp³-hybridized carbons (Fsp3) is 0.167. The fourth-order valence-electron chi connectivity index (χ4n) is 2.49. The van der Waals surface area contributed by atoms with Gasteiger partial charge >= 0.3 is 6.18 Å². The van der Waals surface area contributed by atoms with E-state index in [0.717, 1.165) is 17.8 Å². The number of rotatable bonds is 5. The topological polar surface area (TPSA) is 73.3 Å². The van der Waals surface area contributed by atoms with Gasteiger partial charge in [0.15, 0.2) is 16.7 Å². The second kappa shape index (κ2) is 7.91. The minimum absolute atomic E-state index is 0.113. The van der Waals surface area contributed by atoms with Crippen molar-refractivity contribution in [3.8, 4) is 22.1 Å². The molecule has 0 unspecified atom stereocenters. The van der Waals surface area contributed by atoms with Crippen LogP contribution in [-0.4, -0.2) is 28.4 Å². The molecule has 1 aliphatic rings. The quantitative estimate of drug-likeness (QED) is 0.460. The van der Waals surface area contributed by atoms with Gasteiger partial charge in [0.05, 0.1) is 16.3 Å². The lowest BCUT2D eigenvalue weighted by Gasteiger charge is -2.10. The standard InChI is InChI=1S/C18H12F3N3O3S2/c19-18(20,21)15-7-11(14-2-1-5-28-14)23-17(24-15)29-8-16(25)22-10-3-4-12-13(6-10)27-9-26-12/h1-7H,8-9H2,(H,22,25). The van der Waals surface area contributed by atoms with Crippen LogP contribution < -0.4 is 14.8 Å². The van der Waals surface area contributed by atoms with Crippen molar-refractivity contribution in [1.29, 1.82) is 0 Å². The van der Waals surface area contributed by atoms with Gasteiger partial charge < -0.3 is 14.8 Å². The number of thiophene rings is 1. The first kappa shape index (κ1) is 19.5. The van der Waals surface area contributed by atoms with E-state index in [1.165, 1.54) is 11.3 Å². The zero-order valence-electron chi connectivity index (χ0n) is 14.5. The third kappa shape index (κ3) is 4.62. The molecule has 1 aliphatic heterocycles. The molecule has 0 saturated heterocycles. The Hall–Kier alpha value is -2.79. The number of fused-ring (bicyclic) bond motifs is 1. The van der Waals surface area contributed by atoms with Crippen molar-refractivity contribution in [2.24, 2.45) is 0 Å². The predicted molar refractivity (Wildman–Crippen MR) is 102 cm³/mol. The highest BCUT2D eigenvalue weighted by Crippen LogP contribution is 2.35. The Balaban J connectivity index is 1.47. The van der Waals surface area contributed by atoms with Gasteiger partial charge in [-0.3, -0.25) is 4.79 Å². The van der Waals surface area contributed by atoms with Crippen LogP contribution in [0.2, 0.25) is 0 Å². The van der Waals surface area contributed by atoms with E-state index in [-0.39, 0.29) is 23.4 Å². The van der Waals surface area contributed by atoms with Crippen LogP contribution in [-0.2, 0) is 11.0 Å². The number of hydrogen-bond acceptors (Lipinski definition) is 7. The Labute approximate surface area is 171 Å². The molecule has 29 heavy (non-hydrogen) atoms. The van der Waals surface area contributed by atoms with Gasteiger partial charge in [-0.05, 0) is 29.6 Å². The summed E-state index contributed by atoms with van der Waals surface area (Å²) in [5.41, 5.74) is -0.389. The summed E-state index contributed by atoms with van der Waals surface area (Å²) in [4.78, 5) is 20.5. The fourth-order valence-corrected chi connectivity index (χ4v) is 3.83. The van der Waals surface area contributed by atoms with E-state index < -0.39 is 17.8 Å². The molecule has 3 aromatic rings. The van der Waals surface area contributed by atoms with Crippen molar-refractivity contribution >= 4 is 34.7 Å². The van der Waals surface area contributed by atoms with Crippen LogP contribution in [0.15, 0.2) is 46.9 Å². The van der Waals surface area contributed by atoms with Crippen molar-refractivity contribution in [2.75, 3.05) is 17.9 Å². The third-order valence-corrected chi connectivity index (χ3v) is 5.50. The zero-order valence-corrected chi connectivity index (χ0v) is 16.2. The van der Waals surface area contributed by atoms with Crippen molar-refractivity contribution in [3.05, 3.63) is 47.5 Å². The van der Waals surface area contributed by atoms with Gasteiger partial charge in [0.2, 0.25) is 12.7 Å². The minimum Gasteiger partial charge on any atom is -0.454 e. The number of nitrogens with one attached hydrogen (secondary N) is 1. The smallest absolute Gasteiger partial charge is 0.433 e. The van der Waals surface area contributed by atoms with Crippen LogP contribution >= 0.6 is 23.1 Å². The lowest BCUT2D eigenvalue weighted by molar-refractivity contribution is -0.141. The monoisotopic (exact) mass is 439 g/mol. The second-order valence-electron chi connectivity index (χ2n) is 5.80. The first-order valence-electron chi connectivity index (χ1n) is 8.21. The molecule has 1 amide bonds. The largest absolute Gasteiger partial charge is 0.454 e. The lowest BCUT2D eigenvalue weighted by Crippen LogP contribution is -2.15. The lowest BCUT2D eigenvalue weighted by atomic mass is 10.3. The number of alkyl halides is 3. The van der Waals surface area contributed by atoms with Crippen molar-refractivity contribution in [1.82, 2.24) is 9.97 Å². The molecular weight excluding hydrogens is 427 g/mol. The van der Waals surface area contributed by atoms with Crippen LogP contribution in [0, 0.1) is 0 Å². The molecule has 0 atom stereocenters. The molecule has 4 rings (SSSR count). The molecule has 0 aliphatic carbocycles. The first-order chi connectivity index (χ1) is 13.9. The maximum atomic E-state index is 13.2. The van der Waals surface area contributed by atoms with Crippen LogP contribution in [0.1, 0.15) is 5.69 Å². The molecule has 0 saturated carbocycles. The van der Waals surface area contributed by atoms with Gasteiger partial charge in [0, 0.05) is 11.8 Å². The van der Waals surface area contributed by atoms with Crippen LogP contribution in [0.25, 0.3) is 10.6 Å². The van der Waals surface area contributed by atoms with E-state index in [1.807, 2.05) is 0 Å². The molecule has 0 bridgehead atoms. The average molecular weight is 439 g/mol. The van der Waals surface area contributed by atoms with Gasteiger partial charge in [0.1, 0.15) is 5.69 Å². The van der Waals surface area contributed by atoms with E-state index in [9.17, 15) is 18.0 Å². The molecule has 11 heteroatoms. The second-order valence-corrected chi connectivity index (χ2v) is 7.69. The van der Waals surface area contributed by atoms with E-state index in [1.54, 1.807) is 35.7 Å². The Morgan fingerprint density at radius 3 is 2.76 bits per heavy atom. The Morgan fingerprint density at radius 1 is 1.17 bits per heavy atom. The number of anilines is 1. The van der Waals surface area contributed by atoms with E-state index in [0.29, 0.717) is 22.1 Å². The summed E-state index contributed by atoms with van der Waals surface area (Å²) in [7, 11) is 0. The summed E-state index contributed by atoms with van der Waals surface area (Å²) in [6.45, 7) is 0.113. The van der Waals surface area contributed by atoms with Crippen molar-refractivity contribution < 1.29 is 27.4 Å². The highest BCUT2D eigenvalue weighted by molar-refractivity contribution is 7.99. The Bertz CT molecular complexity index is 1040. The molecule has 2 aromatic heterocycles. The number of hydrogen-bond donors (Lipinski definition) is 1. The number of amides is 1. The van der Waals surface area contributed by atoms with Crippen LogP contribution in [0.3, 0.4) is 0 Å². The zero-order chi connectivity index (χ0) is 20.4. The molecule has 1 N–H and O–H groups in total. The number of carbonyl (C=O) groups excluding carboxylic acids is 1. The SMILES string of the molecule is O=C(CSc1nc(-c2cccs2)cc(C(F)(F)F)n1)Nc1ccc2c(c1)OCO2. The number of aromatic nitrogens is 2. The summed E-state index contributed by atoms with van der Waals surface area (Å²) < 4.78 is 50.0. The average Bonchev–Trinajstić information content (AvgIpc) is 3.37. The van der Waals surface area contributed by atoms with Gasteiger partial charge in [-0.1, -0.05) is 17.8 Å². The summed E-state index contributed by atoms with van der Waals surface area (Å²) >= 11 is 2.10. The van der Waals surface area contributed by atoms with Crippen molar-refractivity contribution in [2.45, 2.75) is 11.3 Å².